The SMILES string of the molecule is Fc1ccc(F)c(C(F)C2CCN(C3=CNc4c(Cl)cncc4N3C3CC3)CC2)c1. The first-order valence-electron chi connectivity index (χ1n) is 10.3. The molecule has 5 rings (SSSR count). The van der Waals surface area contributed by atoms with Crippen LogP contribution in [-0.4, -0.2) is 29.0 Å². The van der Waals surface area contributed by atoms with Crippen LogP contribution in [0.4, 0.5) is 24.5 Å². The summed E-state index contributed by atoms with van der Waals surface area (Å²) in [5.74, 6) is -0.616. The Labute approximate surface area is 178 Å². The lowest BCUT2D eigenvalue weighted by molar-refractivity contribution is 0.135. The fourth-order valence-electron chi connectivity index (χ4n) is 4.44. The summed E-state index contributed by atoms with van der Waals surface area (Å²) in [7, 11) is 0. The summed E-state index contributed by atoms with van der Waals surface area (Å²) in [5, 5.41) is 3.86. The van der Waals surface area contributed by atoms with Crippen LogP contribution < -0.4 is 10.2 Å². The summed E-state index contributed by atoms with van der Waals surface area (Å²) in [6.07, 6.45) is 7.21. The van der Waals surface area contributed by atoms with E-state index in [1.165, 1.54) is 0 Å². The summed E-state index contributed by atoms with van der Waals surface area (Å²) in [6.45, 7) is 1.28. The number of aromatic nitrogens is 1. The zero-order valence-corrected chi connectivity index (χ0v) is 17.0. The summed E-state index contributed by atoms with van der Waals surface area (Å²) >= 11 is 6.31. The van der Waals surface area contributed by atoms with Gasteiger partial charge in [0.2, 0.25) is 0 Å². The third-order valence-electron chi connectivity index (χ3n) is 6.18. The van der Waals surface area contributed by atoms with E-state index in [1.54, 1.807) is 6.20 Å². The van der Waals surface area contributed by atoms with Gasteiger partial charge in [0, 0.05) is 37.1 Å². The molecule has 1 N–H and O–H groups in total. The number of rotatable bonds is 4. The van der Waals surface area contributed by atoms with Gasteiger partial charge in [-0.3, -0.25) is 4.98 Å². The highest BCUT2D eigenvalue weighted by molar-refractivity contribution is 6.33. The van der Waals surface area contributed by atoms with Crippen molar-refractivity contribution >= 4 is 23.0 Å². The van der Waals surface area contributed by atoms with Crippen molar-refractivity contribution in [2.24, 2.45) is 5.92 Å². The average molecular weight is 435 g/mol. The Hall–Kier alpha value is -2.41. The molecule has 1 atom stereocenters. The predicted molar refractivity (Wildman–Crippen MR) is 111 cm³/mol. The highest BCUT2D eigenvalue weighted by atomic mass is 35.5. The number of fused-ring (bicyclic) bond motifs is 1. The van der Waals surface area contributed by atoms with Crippen LogP contribution >= 0.6 is 11.6 Å². The molecule has 2 fully saturated rings. The van der Waals surface area contributed by atoms with Crippen molar-refractivity contribution in [1.29, 1.82) is 0 Å². The molecule has 8 heteroatoms. The van der Waals surface area contributed by atoms with Crippen LogP contribution in [-0.2, 0) is 0 Å². The Balaban J connectivity index is 1.32. The zero-order valence-electron chi connectivity index (χ0n) is 16.3. The van der Waals surface area contributed by atoms with Gasteiger partial charge < -0.3 is 15.1 Å². The molecule has 4 nitrogen and oxygen atoms in total. The van der Waals surface area contributed by atoms with Gasteiger partial charge >= 0.3 is 0 Å². The largest absolute Gasteiger partial charge is 0.357 e. The first-order valence-corrected chi connectivity index (χ1v) is 10.6. The maximum absolute atomic E-state index is 15.0. The molecular weight excluding hydrogens is 413 g/mol. The summed E-state index contributed by atoms with van der Waals surface area (Å²) < 4.78 is 42.5. The standard InChI is InChI=1S/C22H22ClF3N4/c23-17-10-27-11-19-22(17)28-12-20(30(19)15-2-3-15)29-7-5-13(6-8-29)21(26)16-9-14(24)1-4-18(16)25/h1,4,9-13,15,21,28H,2-3,5-8H2. The van der Waals surface area contributed by atoms with E-state index in [9.17, 15) is 8.78 Å². The van der Waals surface area contributed by atoms with Gasteiger partial charge in [0.25, 0.3) is 0 Å². The predicted octanol–water partition coefficient (Wildman–Crippen LogP) is 5.63. The molecule has 2 aromatic rings. The van der Waals surface area contributed by atoms with Crippen LogP contribution in [0.25, 0.3) is 0 Å². The second kappa shape index (κ2) is 7.69. The topological polar surface area (TPSA) is 31.4 Å². The number of benzene rings is 1. The van der Waals surface area contributed by atoms with Gasteiger partial charge in [0.1, 0.15) is 23.6 Å². The van der Waals surface area contributed by atoms with Gasteiger partial charge in [-0.2, -0.15) is 0 Å². The molecule has 0 spiro atoms. The Morgan fingerprint density at radius 2 is 1.87 bits per heavy atom. The second-order valence-corrected chi connectivity index (χ2v) is 8.56. The van der Waals surface area contributed by atoms with E-state index in [1.807, 2.05) is 12.4 Å². The molecule has 1 aliphatic carbocycles. The Morgan fingerprint density at radius 1 is 1.10 bits per heavy atom. The number of nitrogens with zero attached hydrogens (tertiary/aromatic N) is 3. The molecule has 1 aromatic carbocycles. The Bertz CT molecular complexity index is 986. The van der Waals surface area contributed by atoms with Gasteiger partial charge in [0.15, 0.2) is 0 Å². The third kappa shape index (κ3) is 3.49. The molecule has 30 heavy (non-hydrogen) atoms. The van der Waals surface area contributed by atoms with Crippen LogP contribution in [0.3, 0.4) is 0 Å². The fraction of sp³-hybridized carbons (Fsp3) is 0.409. The summed E-state index contributed by atoms with van der Waals surface area (Å²) in [5.41, 5.74) is 1.62. The molecule has 0 amide bonds. The van der Waals surface area contributed by atoms with Crippen LogP contribution in [0.5, 0.6) is 0 Å². The lowest BCUT2D eigenvalue weighted by Gasteiger charge is -2.42. The van der Waals surface area contributed by atoms with Crippen LogP contribution in [0.1, 0.15) is 37.4 Å². The van der Waals surface area contributed by atoms with Crippen molar-refractivity contribution in [3.05, 3.63) is 64.8 Å². The van der Waals surface area contributed by atoms with Gasteiger partial charge in [-0.15, -0.1) is 0 Å². The minimum absolute atomic E-state index is 0.179. The van der Waals surface area contributed by atoms with Crippen molar-refractivity contribution in [1.82, 2.24) is 9.88 Å². The lowest BCUT2D eigenvalue weighted by Crippen LogP contribution is -2.43. The number of likely N-dealkylation sites (tertiary alicyclic amines) is 1. The number of alkyl halides is 1. The van der Waals surface area contributed by atoms with Crippen molar-refractivity contribution in [3.63, 3.8) is 0 Å². The normalized spacial score (nSPS) is 20.5. The van der Waals surface area contributed by atoms with Crippen LogP contribution in [0.2, 0.25) is 5.02 Å². The van der Waals surface area contributed by atoms with E-state index in [2.05, 4.69) is 20.1 Å². The highest BCUT2D eigenvalue weighted by Crippen LogP contribution is 2.45. The Kier molecular flexibility index (Phi) is 5.01. The molecule has 3 heterocycles. The molecular formula is C22H22ClF3N4. The van der Waals surface area contributed by atoms with Gasteiger partial charge in [0.05, 0.1) is 22.6 Å². The van der Waals surface area contributed by atoms with Crippen molar-refractivity contribution < 1.29 is 13.2 Å². The molecule has 2 aliphatic heterocycles. The van der Waals surface area contributed by atoms with E-state index in [0.717, 1.165) is 48.2 Å². The van der Waals surface area contributed by atoms with Crippen LogP contribution in [0, 0.1) is 17.6 Å². The minimum Gasteiger partial charge on any atom is -0.357 e. The molecule has 1 saturated heterocycles. The van der Waals surface area contributed by atoms with Gasteiger partial charge in [-0.25, -0.2) is 13.2 Å². The average Bonchev–Trinajstić information content (AvgIpc) is 3.60. The van der Waals surface area contributed by atoms with E-state index in [-0.39, 0.29) is 11.5 Å². The first kappa shape index (κ1) is 19.5. The van der Waals surface area contributed by atoms with E-state index < -0.39 is 17.8 Å². The van der Waals surface area contributed by atoms with Crippen LogP contribution in [0.15, 0.2) is 42.6 Å². The quantitative estimate of drug-likeness (QED) is 0.675. The number of hydrogen-bond acceptors (Lipinski definition) is 4. The van der Waals surface area contributed by atoms with Gasteiger partial charge in [-0.1, -0.05) is 11.6 Å². The molecule has 3 aliphatic rings. The van der Waals surface area contributed by atoms with E-state index >= 15 is 4.39 Å². The smallest absolute Gasteiger partial charge is 0.131 e. The Morgan fingerprint density at radius 3 is 2.60 bits per heavy atom. The lowest BCUT2D eigenvalue weighted by atomic mass is 9.88. The fourth-order valence-corrected chi connectivity index (χ4v) is 4.65. The molecule has 0 radical (unpaired) electrons. The highest BCUT2D eigenvalue weighted by Gasteiger charge is 2.39. The monoisotopic (exact) mass is 434 g/mol. The minimum atomic E-state index is -1.51. The number of pyridine rings is 1. The first-order chi connectivity index (χ1) is 14.5. The number of piperidine rings is 1. The second-order valence-electron chi connectivity index (χ2n) is 8.16. The number of nitrogens with one attached hydrogen (secondary N) is 1. The number of hydrogen-bond donors (Lipinski definition) is 1. The third-order valence-corrected chi connectivity index (χ3v) is 6.46. The van der Waals surface area contributed by atoms with Crippen molar-refractivity contribution in [3.8, 4) is 0 Å². The maximum atomic E-state index is 15.0. The van der Waals surface area contributed by atoms with Crippen molar-refractivity contribution in [2.45, 2.75) is 37.9 Å². The maximum Gasteiger partial charge on any atom is 0.131 e. The zero-order chi connectivity index (χ0) is 20.8. The molecule has 0 bridgehead atoms. The molecule has 1 unspecified atom stereocenters. The summed E-state index contributed by atoms with van der Waals surface area (Å²) in [4.78, 5) is 8.74. The van der Waals surface area contributed by atoms with E-state index in [0.29, 0.717) is 37.0 Å². The number of anilines is 2. The molecule has 1 saturated carbocycles. The van der Waals surface area contributed by atoms with Gasteiger partial charge in [-0.05, 0) is 49.8 Å². The molecule has 158 valence electrons. The number of halogens is 4. The summed E-state index contributed by atoms with van der Waals surface area (Å²) in [6, 6.07) is 3.39. The van der Waals surface area contributed by atoms with E-state index in [4.69, 9.17) is 11.6 Å². The van der Waals surface area contributed by atoms with Crippen molar-refractivity contribution in [2.75, 3.05) is 23.3 Å². The molecule has 1 aromatic heterocycles.